The molecule has 0 aliphatic carbocycles. The van der Waals surface area contributed by atoms with Crippen LogP contribution in [0.4, 0.5) is 11.6 Å². The molecular formula is C16H24N4O. The zero-order chi connectivity index (χ0) is 14.9. The van der Waals surface area contributed by atoms with Gasteiger partial charge in [-0.05, 0) is 43.9 Å². The maximum Gasteiger partial charge on any atom is 0.201 e. The molecule has 1 aliphatic heterocycles. The van der Waals surface area contributed by atoms with Gasteiger partial charge in [0.25, 0.3) is 0 Å². The summed E-state index contributed by atoms with van der Waals surface area (Å²) in [7, 11) is 0. The fraction of sp³-hybridized carbons (Fsp3) is 0.562. The first-order valence-electron chi connectivity index (χ1n) is 7.80. The van der Waals surface area contributed by atoms with Gasteiger partial charge in [-0.1, -0.05) is 13.8 Å². The van der Waals surface area contributed by atoms with Crippen molar-refractivity contribution in [3.05, 3.63) is 18.2 Å². The van der Waals surface area contributed by atoms with Gasteiger partial charge in [0.1, 0.15) is 0 Å². The summed E-state index contributed by atoms with van der Waals surface area (Å²) in [5.41, 5.74) is 8.49. The number of nitrogens with one attached hydrogen (secondary N) is 2. The van der Waals surface area contributed by atoms with Gasteiger partial charge in [-0.2, -0.15) is 0 Å². The highest BCUT2D eigenvalue weighted by Gasteiger charge is 2.34. The van der Waals surface area contributed by atoms with E-state index >= 15 is 0 Å². The average Bonchev–Trinajstić information content (AvgIpc) is 2.88. The predicted molar refractivity (Wildman–Crippen MR) is 86.4 cm³/mol. The molecule has 114 valence electrons. The van der Waals surface area contributed by atoms with Gasteiger partial charge in [-0.3, -0.25) is 0 Å². The van der Waals surface area contributed by atoms with E-state index in [0.29, 0.717) is 6.04 Å². The molecule has 2 aromatic rings. The molecule has 1 saturated heterocycles. The first kappa shape index (κ1) is 14.2. The number of H-pyrrole nitrogens is 1. The Hall–Kier alpha value is -1.75. The molecule has 0 radical (unpaired) electrons. The number of hydrogen-bond donors (Lipinski definition) is 3. The molecule has 1 atom stereocenters. The van der Waals surface area contributed by atoms with Crippen LogP contribution in [0, 0.1) is 0 Å². The van der Waals surface area contributed by atoms with Gasteiger partial charge in [0.15, 0.2) is 0 Å². The van der Waals surface area contributed by atoms with E-state index < -0.39 is 0 Å². The molecule has 0 bridgehead atoms. The second-order valence-electron chi connectivity index (χ2n) is 5.93. The van der Waals surface area contributed by atoms with Crippen molar-refractivity contribution in [1.29, 1.82) is 0 Å². The van der Waals surface area contributed by atoms with Gasteiger partial charge < -0.3 is 20.8 Å². The van der Waals surface area contributed by atoms with E-state index in [1.807, 2.05) is 18.2 Å². The van der Waals surface area contributed by atoms with Crippen molar-refractivity contribution in [2.24, 2.45) is 0 Å². The Morgan fingerprint density at radius 3 is 3.00 bits per heavy atom. The number of nitrogen functional groups attached to an aromatic ring is 1. The molecule has 21 heavy (non-hydrogen) atoms. The predicted octanol–water partition coefficient (Wildman–Crippen LogP) is 3.29. The molecule has 1 aliphatic rings. The Labute approximate surface area is 125 Å². The van der Waals surface area contributed by atoms with Crippen LogP contribution in [0.2, 0.25) is 0 Å². The molecule has 0 spiro atoms. The number of ether oxygens (including phenoxy) is 1. The Bertz CT molecular complexity index is 618. The molecular weight excluding hydrogens is 264 g/mol. The molecule has 2 heterocycles. The molecule has 5 nitrogen and oxygen atoms in total. The van der Waals surface area contributed by atoms with Crippen LogP contribution < -0.4 is 11.1 Å². The van der Waals surface area contributed by atoms with E-state index in [1.54, 1.807) is 0 Å². The van der Waals surface area contributed by atoms with Crippen molar-refractivity contribution in [3.63, 3.8) is 0 Å². The lowest BCUT2D eigenvalue weighted by atomic mass is 9.86. The second-order valence-corrected chi connectivity index (χ2v) is 5.93. The van der Waals surface area contributed by atoms with Crippen LogP contribution in [-0.4, -0.2) is 28.2 Å². The third kappa shape index (κ3) is 2.83. The van der Waals surface area contributed by atoms with Crippen LogP contribution in [0.15, 0.2) is 18.2 Å². The maximum atomic E-state index is 6.02. The topological polar surface area (TPSA) is 76.0 Å². The van der Waals surface area contributed by atoms with Crippen molar-refractivity contribution >= 4 is 22.7 Å². The number of hydrogen-bond acceptors (Lipinski definition) is 4. The fourth-order valence-corrected chi connectivity index (χ4v) is 3.18. The highest BCUT2D eigenvalue weighted by molar-refractivity contribution is 5.80. The fourth-order valence-electron chi connectivity index (χ4n) is 3.18. The summed E-state index contributed by atoms with van der Waals surface area (Å²) in [6, 6.07) is 6.13. The number of rotatable bonds is 4. The minimum atomic E-state index is 0.0202. The number of nitrogens with two attached hydrogens (primary N) is 1. The van der Waals surface area contributed by atoms with Crippen LogP contribution >= 0.6 is 0 Å². The summed E-state index contributed by atoms with van der Waals surface area (Å²) in [6.45, 7) is 5.22. The van der Waals surface area contributed by atoms with Crippen LogP contribution in [-0.2, 0) is 4.74 Å². The molecule has 1 aromatic carbocycles. The third-order valence-electron chi connectivity index (χ3n) is 4.63. The SMILES string of the molecule is CCC1(CC)CC(Nc2nc3ccc(N)cc3[nH]2)CCO1. The summed E-state index contributed by atoms with van der Waals surface area (Å²) in [5, 5.41) is 3.53. The number of aromatic nitrogens is 2. The first-order chi connectivity index (χ1) is 10.1. The van der Waals surface area contributed by atoms with E-state index in [9.17, 15) is 0 Å². The Balaban J connectivity index is 1.75. The van der Waals surface area contributed by atoms with Crippen molar-refractivity contribution in [2.45, 2.75) is 51.2 Å². The summed E-state index contributed by atoms with van der Waals surface area (Å²) in [5.74, 6) is 0.823. The highest BCUT2D eigenvalue weighted by atomic mass is 16.5. The Kier molecular flexibility index (Phi) is 3.76. The van der Waals surface area contributed by atoms with Gasteiger partial charge in [0, 0.05) is 18.3 Å². The molecule has 0 amide bonds. The van der Waals surface area contributed by atoms with Crippen LogP contribution in [0.5, 0.6) is 0 Å². The normalized spacial score (nSPS) is 21.5. The largest absolute Gasteiger partial charge is 0.399 e. The Morgan fingerprint density at radius 2 is 2.24 bits per heavy atom. The highest BCUT2D eigenvalue weighted by Crippen LogP contribution is 2.32. The smallest absolute Gasteiger partial charge is 0.201 e. The summed E-state index contributed by atoms with van der Waals surface area (Å²) >= 11 is 0. The molecule has 1 fully saturated rings. The molecule has 1 aromatic heterocycles. The Morgan fingerprint density at radius 1 is 1.43 bits per heavy atom. The minimum Gasteiger partial charge on any atom is -0.399 e. The average molecular weight is 288 g/mol. The molecule has 3 rings (SSSR count). The maximum absolute atomic E-state index is 6.02. The minimum absolute atomic E-state index is 0.0202. The van der Waals surface area contributed by atoms with Crippen LogP contribution in [0.25, 0.3) is 11.0 Å². The standard InChI is InChI=1S/C16H24N4O/c1-3-16(4-2)10-12(7-8-21-16)18-15-19-13-6-5-11(17)9-14(13)20-15/h5-6,9,12H,3-4,7-8,10,17H2,1-2H3,(H2,18,19,20). The van der Waals surface area contributed by atoms with Gasteiger partial charge in [0.05, 0.1) is 16.6 Å². The van der Waals surface area contributed by atoms with Crippen molar-refractivity contribution < 1.29 is 4.74 Å². The number of benzene rings is 1. The van der Waals surface area contributed by atoms with Gasteiger partial charge in [0.2, 0.25) is 5.95 Å². The van der Waals surface area contributed by atoms with E-state index in [2.05, 4.69) is 29.1 Å². The molecule has 4 N–H and O–H groups in total. The van der Waals surface area contributed by atoms with E-state index in [4.69, 9.17) is 10.5 Å². The molecule has 5 heteroatoms. The monoisotopic (exact) mass is 288 g/mol. The number of fused-ring (bicyclic) bond motifs is 1. The van der Waals surface area contributed by atoms with Crippen molar-refractivity contribution in [1.82, 2.24) is 9.97 Å². The van der Waals surface area contributed by atoms with Gasteiger partial charge in [-0.15, -0.1) is 0 Å². The van der Waals surface area contributed by atoms with Crippen LogP contribution in [0.1, 0.15) is 39.5 Å². The first-order valence-corrected chi connectivity index (χ1v) is 7.80. The van der Waals surface area contributed by atoms with E-state index in [-0.39, 0.29) is 5.60 Å². The van der Waals surface area contributed by atoms with Gasteiger partial charge >= 0.3 is 0 Å². The summed E-state index contributed by atoms with van der Waals surface area (Å²) in [4.78, 5) is 7.89. The lowest BCUT2D eigenvalue weighted by molar-refractivity contribution is -0.0865. The lowest BCUT2D eigenvalue weighted by Gasteiger charge is -2.40. The molecule has 1 unspecified atom stereocenters. The third-order valence-corrected chi connectivity index (χ3v) is 4.63. The molecule has 0 saturated carbocycles. The quantitative estimate of drug-likeness (QED) is 0.755. The van der Waals surface area contributed by atoms with Crippen LogP contribution in [0.3, 0.4) is 0 Å². The zero-order valence-corrected chi connectivity index (χ0v) is 12.8. The second kappa shape index (κ2) is 5.56. The number of nitrogens with zero attached hydrogens (tertiary/aromatic N) is 1. The van der Waals surface area contributed by atoms with E-state index in [1.165, 1.54) is 0 Å². The number of anilines is 2. The van der Waals surface area contributed by atoms with Crippen molar-refractivity contribution in [2.75, 3.05) is 17.7 Å². The summed E-state index contributed by atoms with van der Waals surface area (Å²) < 4.78 is 6.02. The number of aromatic amines is 1. The summed E-state index contributed by atoms with van der Waals surface area (Å²) in [6.07, 6.45) is 4.15. The van der Waals surface area contributed by atoms with E-state index in [0.717, 1.165) is 55.0 Å². The van der Waals surface area contributed by atoms with Gasteiger partial charge in [-0.25, -0.2) is 4.98 Å². The number of imidazole rings is 1. The lowest BCUT2D eigenvalue weighted by Crippen LogP contribution is -2.43. The zero-order valence-electron chi connectivity index (χ0n) is 12.8. The van der Waals surface area contributed by atoms with Crippen molar-refractivity contribution in [3.8, 4) is 0 Å².